The number of hydrogen-bond donors (Lipinski definition) is 1. The van der Waals surface area contributed by atoms with Gasteiger partial charge in [-0.15, -0.1) is 0 Å². The number of aliphatic hydroxyl groups excluding tert-OH is 1. The average molecular weight is 485 g/mol. The molecular formula is C28H28N4O4. The first-order valence-electron chi connectivity index (χ1n) is 11.9. The first-order valence-corrected chi connectivity index (χ1v) is 11.9. The average Bonchev–Trinajstić information content (AvgIpc) is 3.43. The van der Waals surface area contributed by atoms with Crippen LogP contribution in [0.3, 0.4) is 0 Å². The molecule has 4 atom stereocenters. The molecule has 2 aliphatic rings. The monoisotopic (exact) mass is 484 g/mol. The minimum absolute atomic E-state index is 0.157. The van der Waals surface area contributed by atoms with Crippen molar-refractivity contribution in [3.63, 3.8) is 0 Å². The lowest BCUT2D eigenvalue weighted by Gasteiger charge is -2.32. The third kappa shape index (κ3) is 3.93. The number of aliphatic hydroxyl groups is 1. The molecule has 1 saturated heterocycles. The molecule has 0 aliphatic carbocycles. The minimum atomic E-state index is -0.839. The third-order valence-electron chi connectivity index (χ3n) is 7.20. The molecule has 5 rings (SSSR count). The zero-order chi connectivity index (χ0) is 25.4. The van der Waals surface area contributed by atoms with Gasteiger partial charge in [0.2, 0.25) is 5.91 Å². The Balaban J connectivity index is 1.58. The molecule has 8 heteroatoms. The topological polar surface area (TPSA) is 95.7 Å². The highest BCUT2D eigenvalue weighted by atomic mass is 16.3. The largest absolute Gasteiger partial charge is 0.396 e. The van der Waals surface area contributed by atoms with Gasteiger partial charge in [0.05, 0.1) is 11.6 Å². The van der Waals surface area contributed by atoms with Crippen molar-refractivity contribution in [2.45, 2.75) is 18.6 Å². The molecule has 0 unspecified atom stereocenters. The van der Waals surface area contributed by atoms with E-state index in [-0.39, 0.29) is 29.9 Å². The van der Waals surface area contributed by atoms with Gasteiger partial charge in [-0.05, 0) is 35.9 Å². The molecule has 184 valence electrons. The summed E-state index contributed by atoms with van der Waals surface area (Å²) in [5, 5.41) is 10.4. The number of carbonyl (C=O) groups is 2. The van der Waals surface area contributed by atoms with Crippen LogP contribution in [0.5, 0.6) is 0 Å². The lowest BCUT2D eigenvalue weighted by Crippen LogP contribution is -2.50. The summed E-state index contributed by atoms with van der Waals surface area (Å²) >= 11 is 0. The van der Waals surface area contributed by atoms with Crippen molar-refractivity contribution in [2.24, 2.45) is 11.8 Å². The normalized spacial score (nSPS) is 22.5. The van der Waals surface area contributed by atoms with Crippen LogP contribution in [-0.4, -0.2) is 63.0 Å². The smallest absolute Gasteiger partial charge is 0.258 e. The molecule has 0 saturated carbocycles. The Kier molecular flexibility index (Phi) is 6.28. The Hall–Kier alpha value is -4.04. The molecule has 2 aromatic heterocycles. The number of aromatic nitrogens is 2. The summed E-state index contributed by atoms with van der Waals surface area (Å²) in [6.45, 7) is 0.0524. The molecule has 36 heavy (non-hydrogen) atoms. The van der Waals surface area contributed by atoms with E-state index in [1.54, 1.807) is 54.0 Å². The van der Waals surface area contributed by atoms with Crippen molar-refractivity contribution < 1.29 is 14.7 Å². The van der Waals surface area contributed by atoms with E-state index in [9.17, 15) is 19.5 Å². The molecular weight excluding hydrogens is 456 g/mol. The highest BCUT2D eigenvalue weighted by molar-refractivity contribution is 5.98. The lowest BCUT2D eigenvalue weighted by atomic mass is 9.88. The van der Waals surface area contributed by atoms with Gasteiger partial charge in [-0.3, -0.25) is 19.4 Å². The Labute approximate surface area is 209 Å². The second-order valence-electron chi connectivity index (χ2n) is 9.46. The number of nitrogens with zero attached hydrogens (tertiary/aromatic N) is 4. The van der Waals surface area contributed by atoms with Gasteiger partial charge < -0.3 is 19.5 Å². The van der Waals surface area contributed by atoms with Gasteiger partial charge in [0.1, 0.15) is 6.04 Å². The fraction of sp³-hybridized carbons (Fsp3) is 0.286. The van der Waals surface area contributed by atoms with Crippen LogP contribution in [0.1, 0.15) is 33.2 Å². The number of likely N-dealkylation sites (N-methyl/N-ethyl adjacent to an activating group) is 1. The summed E-state index contributed by atoms with van der Waals surface area (Å²) in [4.78, 5) is 47.5. The van der Waals surface area contributed by atoms with Crippen molar-refractivity contribution in [2.75, 3.05) is 20.7 Å². The molecule has 3 aromatic rings. The van der Waals surface area contributed by atoms with Crippen LogP contribution in [0.2, 0.25) is 0 Å². The van der Waals surface area contributed by atoms with Crippen LogP contribution in [0.4, 0.5) is 0 Å². The Bertz CT molecular complexity index is 1370. The van der Waals surface area contributed by atoms with Gasteiger partial charge in [-0.2, -0.15) is 0 Å². The molecule has 1 fully saturated rings. The Morgan fingerprint density at radius 2 is 1.86 bits per heavy atom. The van der Waals surface area contributed by atoms with E-state index < -0.39 is 18.0 Å². The van der Waals surface area contributed by atoms with Crippen molar-refractivity contribution in [3.8, 4) is 0 Å². The molecule has 4 heterocycles. The molecule has 8 nitrogen and oxygen atoms in total. The van der Waals surface area contributed by atoms with Gasteiger partial charge in [0.25, 0.3) is 11.5 Å². The summed E-state index contributed by atoms with van der Waals surface area (Å²) in [6.07, 6.45) is 6.73. The molecule has 0 spiro atoms. The minimum Gasteiger partial charge on any atom is -0.396 e. The maximum Gasteiger partial charge on any atom is 0.258 e. The van der Waals surface area contributed by atoms with Gasteiger partial charge >= 0.3 is 0 Å². The van der Waals surface area contributed by atoms with E-state index in [2.05, 4.69) is 4.98 Å². The van der Waals surface area contributed by atoms with Crippen LogP contribution >= 0.6 is 0 Å². The Morgan fingerprint density at radius 1 is 1.08 bits per heavy atom. The van der Waals surface area contributed by atoms with Crippen molar-refractivity contribution in [3.05, 3.63) is 99.7 Å². The quantitative estimate of drug-likeness (QED) is 0.600. The van der Waals surface area contributed by atoms with Gasteiger partial charge in [0.15, 0.2) is 0 Å². The highest BCUT2D eigenvalue weighted by Crippen LogP contribution is 2.50. The summed E-state index contributed by atoms with van der Waals surface area (Å²) < 4.78 is 1.68. The van der Waals surface area contributed by atoms with E-state index in [0.717, 1.165) is 5.56 Å². The van der Waals surface area contributed by atoms with E-state index in [1.165, 1.54) is 11.1 Å². The molecule has 2 amide bonds. The van der Waals surface area contributed by atoms with E-state index in [4.69, 9.17) is 0 Å². The number of pyridine rings is 2. The van der Waals surface area contributed by atoms with Crippen LogP contribution in [0.15, 0.2) is 71.8 Å². The summed E-state index contributed by atoms with van der Waals surface area (Å²) in [6, 6.07) is 15.3. The zero-order valence-electron chi connectivity index (χ0n) is 20.2. The Morgan fingerprint density at radius 3 is 2.53 bits per heavy atom. The van der Waals surface area contributed by atoms with Crippen molar-refractivity contribution in [1.29, 1.82) is 0 Å². The zero-order valence-corrected chi connectivity index (χ0v) is 20.2. The molecule has 0 bridgehead atoms. The van der Waals surface area contributed by atoms with Crippen molar-refractivity contribution in [1.82, 2.24) is 19.4 Å². The predicted molar refractivity (Wildman–Crippen MR) is 136 cm³/mol. The number of likely N-dealkylation sites (tertiary alicyclic amines) is 1. The van der Waals surface area contributed by atoms with Crippen LogP contribution in [0, 0.1) is 11.8 Å². The number of amides is 2. The molecule has 1 aromatic carbocycles. The SMILES string of the molecule is CN(C)C(=O)[C@H]1[C@H](CO)[C@H]2Cn3c(ccc(/C=C/c4ccccc4)c3=O)[C@H]2N1C(=O)c1cccnc1. The summed E-state index contributed by atoms with van der Waals surface area (Å²) in [5.41, 5.74) is 2.39. The first kappa shape index (κ1) is 23.7. The fourth-order valence-electron chi connectivity index (χ4n) is 5.49. The highest BCUT2D eigenvalue weighted by Gasteiger charge is 2.57. The van der Waals surface area contributed by atoms with Crippen molar-refractivity contribution >= 4 is 24.0 Å². The second kappa shape index (κ2) is 9.54. The van der Waals surface area contributed by atoms with E-state index >= 15 is 0 Å². The van der Waals surface area contributed by atoms with Crippen LogP contribution in [-0.2, 0) is 11.3 Å². The van der Waals surface area contributed by atoms with Gasteiger partial charge in [0, 0.05) is 62.7 Å². The number of rotatable bonds is 5. The standard InChI is InChI=1S/C28H28N4O4/c1-30(2)28(36)25-22(17-33)21-16-31-23(24(21)32(25)27(35)20-9-6-14-29-15-20)13-12-19(26(31)34)11-10-18-7-4-3-5-8-18/h3-15,21-22,24-25,33H,16-17H2,1-2H3/b11-10+/t21-,22-,24+,25-/m1/s1. The summed E-state index contributed by atoms with van der Waals surface area (Å²) in [7, 11) is 3.28. The van der Waals surface area contributed by atoms with Gasteiger partial charge in [-0.25, -0.2) is 0 Å². The third-order valence-corrected chi connectivity index (χ3v) is 7.20. The molecule has 0 radical (unpaired) electrons. The molecule has 1 N–H and O–H groups in total. The van der Waals surface area contributed by atoms with Gasteiger partial charge in [-0.1, -0.05) is 36.4 Å². The second-order valence-corrected chi connectivity index (χ2v) is 9.46. The number of fused-ring (bicyclic) bond motifs is 3. The first-order chi connectivity index (χ1) is 17.4. The molecule has 2 aliphatic heterocycles. The number of benzene rings is 1. The number of hydrogen-bond acceptors (Lipinski definition) is 5. The maximum absolute atomic E-state index is 13.7. The van der Waals surface area contributed by atoms with E-state index in [0.29, 0.717) is 23.4 Å². The van der Waals surface area contributed by atoms with Crippen LogP contribution < -0.4 is 5.56 Å². The summed E-state index contributed by atoms with van der Waals surface area (Å²) in [5.74, 6) is -1.38. The number of carbonyl (C=O) groups excluding carboxylic acids is 2. The lowest BCUT2D eigenvalue weighted by molar-refractivity contribution is -0.134. The maximum atomic E-state index is 13.7. The van der Waals surface area contributed by atoms with Crippen LogP contribution in [0.25, 0.3) is 12.2 Å². The fourth-order valence-corrected chi connectivity index (χ4v) is 5.49. The van der Waals surface area contributed by atoms with E-state index in [1.807, 2.05) is 42.5 Å². The predicted octanol–water partition coefficient (Wildman–Crippen LogP) is 2.31.